The average molecular weight is 354 g/mol. The van der Waals surface area contributed by atoms with Crippen LogP contribution in [-0.4, -0.2) is 32.3 Å². The van der Waals surface area contributed by atoms with Crippen molar-refractivity contribution in [1.82, 2.24) is 5.32 Å². The Morgan fingerprint density at radius 3 is 2.77 bits per heavy atom. The normalized spacial score (nSPS) is 17.7. The Morgan fingerprint density at radius 2 is 2.08 bits per heavy atom. The van der Waals surface area contributed by atoms with E-state index in [9.17, 15) is 4.79 Å². The lowest BCUT2D eigenvalue weighted by atomic mass is 10.1. The molecule has 5 nitrogen and oxygen atoms in total. The summed E-state index contributed by atoms with van der Waals surface area (Å²) in [6, 6.07) is 15.0. The summed E-state index contributed by atoms with van der Waals surface area (Å²) < 4.78 is 11.0. The summed E-state index contributed by atoms with van der Waals surface area (Å²) in [6.07, 6.45) is 2.28. The van der Waals surface area contributed by atoms with Crippen LogP contribution in [0.15, 0.2) is 48.5 Å². The molecule has 2 N–H and O–H groups in total. The molecule has 0 aromatic heterocycles. The number of methoxy groups -OCH3 is 1. The highest BCUT2D eigenvalue weighted by atomic mass is 16.5. The quantitative estimate of drug-likeness (QED) is 0.799. The van der Waals surface area contributed by atoms with Gasteiger partial charge in [0.15, 0.2) is 0 Å². The lowest BCUT2D eigenvalue weighted by Gasteiger charge is -2.21. The zero-order chi connectivity index (χ0) is 18.4. The summed E-state index contributed by atoms with van der Waals surface area (Å²) >= 11 is 0. The molecule has 5 heteroatoms. The van der Waals surface area contributed by atoms with Gasteiger partial charge in [-0.15, -0.1) is 0 Å². The second kappa shape index (κ2) is 8.83. The molecule has 1 heterocycles. The number of amides is 1. The molecule has 1 saturated heterocycles. The molecule has 0 aliphatic carbocycles. The van der Waals surface area contributed by atoms with Crippen LogP contribution in [0.5, 0.6) is 5.75 Å². The van der Waals surface area contributed by atoms with E-state index in [1.165, 1.54) is 0 Å². The lowest BCUT2D eigenvalue weighted by molar-refractivity contribution is -0.118. The van der Waals surface area contributed by atoms with Gasteiger partial charge in [0.25, 0.3) is 0 Å². The van der Waals surface area contributed by atoms with E-state index in [1.807, 2.05) is 55.5 Å². The second-order valence-corrected chi connectivity index (χ2v) is 6.58. The monoisotopic (exact) mass is 354 g/mol. The third-order valence-corrected chi connectivity index (χ3v) is 4.58. The largest absolute Gasteiger partial charge is 0.495 e. The smallest absolute Gasteiger partial charge is 0.246 e. The molecule has 1 aliphatic heterocycles. The topological polar surface area (TPSA) is 59.6 Å². The van der Waals surface area contributed by atoms with Crippen molar-refractivity contribution in [2.75, 3.05) is 25.6 Å². The van der Waals surface area contributed by atoms with Gasteiger partial charge in [0, 0.05) is 13.2 Å². The second-order valence-electron chi connectivity index (χ2n) is 6.58. The summed E-state index contributed by atoms with van der Waals surface area (Å²) in [5.41, 5.74) is 2.66. The zero-order valence-electron chi connectivity index (χ0n) is 15.3. The third kappa shape index (κ3) is 4.62. The van der Waals surface area contributed by atoms with E-state index in [0.29, 0.717) is 18.0 Å². The molecule has 1 amide bonds. The van der Waals surface area contributed by atoms with Crippen molar-refractivity contribution in [1.29, 1.82) is 0 Å². The molecule has 2 aromatic rings. The number of nitrogens with one attached hydrogen (secondary N) is 2. The minimum Gasteiger partial charge on any atom is -0.495 e. The molecule has 1 aliphatic rings. The summed E-state index contributed by atoms with van der Waals surface area (Å²) in [5.74, 6) is 0.535. The van der Waals surface area contributed by atoms with E-state index in [-0.39, 0.29) is 12.0 Å². The number of aryl methyl sites for hydroxylation is 1. The van der Waals surface area contributed by atoms with Crippen molar-refractivity contribution in [3.8, 4) is 5.75 Å². The van der Waals surface area contributed by atoms with Crippen LogP contribution < -0.4 is 15.4 Å². The first-order chi connectivity index (χ1) is 12.7. The molecule has 2 atom stereocenters. The standard InChI is InChI=1S/C21H26N2O3/c1-15-10-11-19(25-2)18(13-15)23-21(24)20(16-7-4-3-5-8-16)22-14-17-9-6-12-26-17/h3-5,7-8,10-11,13,17,20,22H,6,9,12,14H2,1-2H3,(H,23,24). The molecular weight excluding hydrogens is 328 g/mol. The van der Waals surface area contributed by atoms with Gasteiger partial charge in [-0.2, -0.15) is 0 Å². The number of hydrogen-bond donors (Lipinski definition) is 2. The molecule has 26 heavy (non-hydrogen) atoms. The predicted octanol–water partition coefficient (Wildman–Crippen LogP) is 3.45. The van der Waals surface area contributed by atoms with Gasteiger partial charge in [0.05, 0.1) is 18.9 Å². The predicted molar refractivity (Wildman–Crippen MR) is 103 cm³/mol. The van der Waals surface area contributed by atoms with E-state index in [1.54, 1.807) is 7.11 Å². The number of carbonyl (C=O) groups excluding carboxylic acids is 1. The lowest BCUT2D eigenvalue weighted by Crippen LogP contribution is -2.37. The Bertz CT molecular complexity index is 727. The van der Waals surface area contributed by atoms with E-state index in [4.69, 9.17) is 9.47 Å². The maximum Gasteiger partial charge on any atom is 0.246 e. The van der Waals surface area contributed by atoms with Gasteiger partial charge in [-0.1, -0.05) is 36.4 Å². The fourth-order valence-electron chi connectivity index (χ4n) is 3.19. The molecule has 2 unspecified atom stereocenters. The Kier molecular flexibility index (Phi) is 6.26. The Morgan fingerprint density at radius 1 is 1.27 bits per heavy atom. The minimum absolute atomic E-state index is 0.113. The summed E-state index contributed by atoms with van der Waals surface area (Å²) in [6.45, 7) is 3.44. The highest BCUT2D eigenvalue weighted by Gasteiger charge is 2.24. The Balaban J connectivity index is 1.77. The van der Waals surface area contributed by atoms with Crippen LogP contribution in [0.3, 0.4) is 0 Å². The maximum absolute atomic E-state index is 13.0. The molecule has 0 saturated carbocycles. The van der Waals surface area contributed by atoms with E-state index < -0.39 is 6.04 Å². The van der Waals surface area contributed by atoms with Crippen LogP contribution in [0.4, 0.5) is 5.69 Å². The van der Waals surface area contributed by atoms with Gasteiger partial charge in [-0.25, -0.2) is 0 Å². The van der Waals surface area contributed by atoms with Crippen molar-refractivity contribution >= 4 is 11.6 Å². The Labute approximate surface area is 154 Å². The van der Waals surface area contributed by atoms with Crippen LogP contribution in [0.25, 0.3) is 0 Å². The van der Waals surface area contributed by atoms with Crippen LogP contribution in [0.2, 0.25) is 0 Å². The number of benzene rings is 2. The van der Waals surface area contributed by atoms with Gasteiger partial charge >= 0.3 is 0 Å². The fraction of sp³-hybridized carbons (Fsp3) is 0.381. The first-order valence-electron chi connectivity index (χ1n) is 9.03. The molecule has 3 rings (SSSR count). The fourth-order valence-corrected chi connectivity index (χ4v) is 3.19. The molecule has 138 valence electrons. The third-order valence-electron chi connectivity index (χ3n) is 4.58. The first-order valence-corrected chi connectivity index (χ1v) is 9.03. The molecule has 0 spiro atoms. The molecule has 0 radical (unpaired) electrons. The number of carbonyl (C=O) groups is 1. The minimum atomic E-state index is -0.453. The van der Waals surface area contributed by atoms with E-state index in [0.717, 1.165) is 30.6 Å². The van der Waals surface area contributed by atoms with Crippen LogP contribution in [0, 0.1) is 6.92 Å². The summed E-state index contributed by atoms with van der Waals surface area (Å²) in [5, 5.41) is 6.38. The summed E-state index contributed by atoms with van der Waals surface area (Å²) in [4.78, 5) is 13.0. The van der Waals surface area contributed by atoms with Crippen molar-refractivity contribution < 1.29 is 14.3 Å². The van der Waals surface area contributed by atoms with Crippen molar-refractivity contribution in [3.05, 3.63) is 59.7 Å². The van der Waals surface area contributed by atoms with Crippen molar-refractivity contribution in [2.45, 2.75) is 31.9 Å². The number of hydrogen-bond acceptors (Lipinski definition) is 4. The average Bonchev–Trinajstić information content (AvgIpc) is 3.16. The molecule has 1 fully saturated rings. The van der Waals surface area contributed by atoms with E-state index >= 15 is 0 Å². The van der Waals surface area contributed by atoms with Crippen LogP contribution in [-0.2, 0) is 9.53 Å². The highest BCUT2D eigenvalue weighted by molar-refractivity contribution is 5.96. The summed E-state index contributed by atoms with van der Waals surface area (Å²) in [7, 11) is 1.60. The van der Waals surface area contributed by atoms with Crippen LogP contribution in [0.1, 0.15) is 30.0 Å². The van der Waals surface area contributed by atoms with Gasteiger partial charge in [-0.05, 0) is 43.0 Å². The zero-order valence-corrected chi connectivity index (χ0v) is 15.3. The van der Waals surface area contributed by atoms with E-state index in [2.05, 4.69) is 10.6 Å². The number of ether oxygens (including phenoxy) is 2. The number of anilines is 1. The molecule has 2 aromatic carbocycles. The molecule has 0 bridgehead atoms. The van der Waals surface area contributed by atoms with Gasteiger partial charge < -0.3 is 14.8 Å². The van der Waals surface area contributed by atoms with Gasteiger partial charge in [0.2, 0.25) is 5.91 Å². The van der Waals surface area contributed by atoms with Gasteiger partial charge in [-0.3, -0.25) is 10.1 Å². The van der Waals surface area contributed by atoms with Crippen molar-refractivity contribution in [2.24, 2.45) is 0 Å². The molecular formula is C21H26N2O3. The van der Waals surface area contributed by atoms with Crippen molar-refractivity contribution in [3.63, 3.8) is 0 Å². The SMILES string of the molecule is COc1ccc(C)cc1NC(=O)C(NCC1CCCO1)c1ccccc1. The Hall–Kier alpha value is -2.37. The number of rotatable bonds is 7. The first kappa shape index (κ1) is 18.4. The van der Waals surface area contributed by atoms with Crippen LogP contribution >= 0.6 is 0 Å². The maximum atomic E-state index is 13.0. The highest BCUT2D eigenvalue weighted by Crippen LogP contribution is 2.27. The van der Waals surface area contributed by atoms with Gasteiger partial charge in [0.1, 0.15) is 11.8 Å².